The molecule has 1 saturated heterocycles. The molecule has 1 N–H and O–H groups in total. The van der Waals surface area contributed by atoms with E-state index in [2.05, 4.69) is 10.3 Å². The van der Waals surface area contributed by atoms with Crippen LogP contribution in [0.25, 0.3) is 11.1 Å². The summed E-state index contributed by atoms with van der Waals surface area (Å²) >= 11 is 1.17. The first kappa shape index (κ1) is 21.7. The predicted molar refractivity (Wildman–Crippen MR) is 119 cm³/mol. The van der Waals surface area contributed by atoms with Gasteiger partial charge in [-0.15, -0.1) is 0 Å². The third kappa shape index (κ3) is 4.86. The van der Waals surface area contributed by atoms with Gasteiger partial charge in [-0.05, 0) is 43.2 Å². The van der Waals surface area contributed by atoms with E-state index in [0.717, 1.165) is 24.8 Å². The largest absolute Gasteiger partial charge is 0.495 e. The highest BCUT2D eigenvalue weighted by Gasteiger charge is 2.29. The van der Waals surface area contributed by atoms with E-state index in [1.54, 1.807) is 12.1 Å². The third-order valence-corrected chi connectivity index (χ3v) is 7.73. The van der Waals surface area contributed by atoms with Crippen molar-refractivity contribution in [3.8, 4) is 5.75 Å². The number of rotatable bonds is 7. The van der Waals surface area contributed by atoms with E-state index >= 15 is 0 Å². The van der Waals surface area contributed by atoms with E-state index in [1.807, 2.05) is 24.3 Å². The molecule has 10 heteroatoms. The molecule has 0 aliphatic carbocycles. The molecule has 0 bridgehead atoms. The summed E-state index contributed by atoms with van der Waals surface area (Å²) in [6.45, 7) is 0.979. The van der Waals surface area contributed by atoms with Crippen molar-refractivity contribution in [3.05, 3.63) is 42.5 Å². The van der Waals surface area contributed by atoms with Crippen molar-refractivity contribution < 1.29 is 22.4 Å². The summed E-state index contributed by atoms with van der Waals surface area (Å²) in [4.78, 5) is 16.8. The van der Waals surface area contributed by atoms with Crippen LogP contribution in [0.15, 0.2) is 57.0 Å². The molecule has 164 valence electrons. The highest BCUT2D eigenvalue weighted by molar-refractivity contribution is 7.99. The number of amides is 1. The number of anilines is 1. The molecule has 31 heavy (non-hydrogen) atoms. The number of nitrogens with zero attached hydrogens (tertiary/aromatic N) is 2. The Balaban J connectivity index is 1.46. The fourth-order valence-electron chi connectivity index (χ4n) is 3.44. The lowest BCUT2D eigenvalue weighted by atomic mass is 10.2. The number of aromatic nitrogens is 1. The maximum Gasteiger partial charge on any atom is 0.257 e. The van der Waals surface area contributed by atoms with Crippen molar-refractivity contribution in [1.29, 1.82) is 0 Å². The number of para-hydroxylation sites is 2. The second kappa shape index (κ2) is 9.29. The second-order valence-electron chi connectivity index (χ2n) is 7.11. The first-order valence-corrected chi connectivity index (χ1v) is 12.4. The van der Waals surface area contributed by atoms with Crippen molar-refractivity contribution in [2.24, 2.45) is 0 Å². The van der Waals surface area contributed by atoms with Crippen LogP contribution in [0.5, 0.6) is 5.75 Å². The minimum Gasteiger partial charge on any atom is -0.495 e. The molecule has 1 fully saturated rings. The summed E-state index contributed by atoms with van der Waals surface area (Å²) in [6, 6.07) is 12.0. The zero-order chi connectivity index (χ0) is 21.8. The van der Waals surface area contributed by atoms with Crippen LogP contribution >= 0.6 is 11.8 Å². The predicted octanol–water partition coefficient (Wildman–Crippen LogP) is 3.74. The van der Waals surface area contributed by atoms with Gasteiger partial charge in [-0.25, -0.2) is 13.4 Å². The lowest BCUT2D eigenvalue weighted by Gasteiger charge is -2.26. The van der Waals surface area contributed by atoms with Crippen LogP contribution in [0.3, 0.4) is 0 Å². The number of hydrogen-bond donors (Lipinski definition) is 1. The fourth-order valence-corrected chi connectivity index (χ4v) is 5.77. The van der Waals surface area contributed by atoms with Gasteiger partial charge in [0.25, 0.3) is 5.22 Å². The maximum absolute atomic E-state index is 13.1. The Morgan fingerprint density at radius 2 is 1.97 bits per heavy atom. The molecule has 8 nitrogen and oxygen atoms in total. The summed E-state index contributed by atoms with van der Waals surface area (Å²) < 4.78 is 38.6. The molecule has 0 saturated carbocycles. The molecule has 1 aliphatic heterocycles. The lowest BCUT2D eigenvalue weighted by Crippen LogP contribution is -2.35. The van der Waals surface area contributed by atoms with E-state index in [4.69, 9.17) is 9.15 Å². The van der Waals surface area contributed by atoms with E-state index in [1.165, 1.54) is 29.2 Å². The summed E-state index contributed by atoms with van der Waals surface area (Å²) in [5.74, 6) is 0.0377. The Kier molecular flexibility index (Phi) is 6.49. The second-order valence-corrected chi connectivity index (χ2v) is 9.95. The van der Waals surface area contributed by atoms with Gasteiger partial charge in [-0.1, -0.05) is 30.3 Å². The highest BCUT2D eigenvalue weighted by Crippen LogP contribution is 2.31. The summed E-state index contributed by atoms with van der Waals surface area (Å²) in [6.07, 6.45) is 2.70. The molecular formula is C21H23N3O5S2. The molecule has 0 spiro atoms. The third-order valence-electron chi connectivity index (χ3n) is 4.98. The number of sulfonamides is 1. The molecule has 2 aromatic carbocycles. The van der Waals surface area contributed by atoms with Crippen molar-refractivity contribution in [2.45, 2.75) is 29.4 Å². The maximum atomic E-state index is 13.1. The zero-order valence-electron chi connectivity index (χ0n) is 17.0. The topological polar surface area (TPSA) is 102 Å². The Bertz CT molecular complexity index is 1150. The number of methoxy groups -OCH3 is 1. The minimum absolute atomic E-state index is 0.0568. The van der Waals surface area contributed by atoms with Crippen molar-refractivity contribution in [1.82, 2.24) is 9.29 Å². The first-order valence-electron chi connectivity index (χ1n) is 9.94. The van der Waals surface area contributed by atoms with Gasteiger partial charge in [-0.3, -0.25) is 4.79 Å². The number of benzene rings is 2. The molecular weight excluding hydrogens is 438 g/mol. The lowest BCUT2D eigenvalue weighted by molar-refractivity contribution is -0.113. The van der Waals surface area contributed by atoms with Gasteiger partial charge < -0.3 is 14.5 Å². The van der Waals surface area contributed by atoms with E-state index < -0.39 is 10.0 Å². The molecule has 1 aliphatic rings. The Hall–Kier alpha value is -2.56. The number of thioether (sulfide) groups is 1. The van der Waals surface area contributed by atoms with Gasteiger partial charge in [0.15, 0.2) is 5.58 Å². The Labute approximate surface area is 185 Å². The molecule has 2 heterocycles. The van der Waals surface area contributed by atoms with Crippen LogP contribution < -0.4 is 10.1 Å². The molecule has 0 radical (unpaired) electrons. The average molecular weight is 462 g/mol. The smallest absolute Gasteiger partial charge is 0.257 e. The normalized spacial score (nSPS) is 15.1. The van der Waals surface area contributed by atoms with Crippen LogP contribution in [0.1, 0.15) is 19.3 Å². The summed E-state index contributed by atoms with van der Waals surface area (Å²) in [5, 5.41) is 3.15. The van der Waals surface area contributed by atoms with Crippen LogP contribution in [-0.2, 0) is 14.8 Å². The van der Waals surface area contributed by atoms with Crippen LogP contribution in [0, 0.1) is 0 Å². The number of nitrogens with one attached hydrogen (secondary N) is 1. The number of carbonyl (C=O) groups is 1. The average Bonchev–Trinajstić information content (AvgIpc) is 3.21. The fraction of sp³-hybridized carbons (Fsp3) is 0.333. The SMILES string of the molecule is COc1ccc(NC(=O)CSc2nc3ccccc3o2)cc1S(=O)(=O)N1CCCCC1. The Morgan fingerprint density at radius 3 is 2.71 bits per heavy atom. The van der Waals surface area contributed by atoms with Gasteiger partial charge in [0.1, 0.15) is 16.2 Å². The van der Waals surface area contributed by atoms with E-state index in [0.29, 0.717) is 29.6 Å². The molecule has 1 amide bonds. The van der Waals surface area contributed by atoms with Gasteiger partial charge in [-0.2, -0.15) is 4.31 Å². The molecule has 0 unspecified atom stereocenters. The van der Waals surface area contributed by atoms with E-state index in [9.17, 15) is 13.2 Å². The van der Waals surface area contributed by atoms with Crippen LogP contribution in [0.2, 0.25) is 0 Å². The number of carbonyl (C=O) groups excluding carboxylic acids is 1. The minimum atomic E-state index is -3.71. The van der Waals surface area contributed by atoms with Crippen LogP contribution in [0.4, 0.5) is 5.69 Å². The molecule has 0 atom stereocenters. The quantitative estimate of drug-likeness (QED) is 0.535. The van der Waals surface area contributed by atoms with E-state index in [-0.39, 0.29) is 22.3 Å². The van der Waals surface area contributed by atoms with Gasteiger partial charge in [0.05, 0.1) is 12.9 Å². The molecule has 3 aromatic rings. The standard InChI is InChI=1S/C21H23N3O5S2/c1-28-18-10-9-15(13-19(18)31(26,27)24-11-5-2-6-12-24)22-20(25)14-30-21-23-16-7-3-4-8-17(16)29-21/h3-4,7-10,13H,2,5-6,11-12,14H2,1H3,(H,22,25). The summed E-state index contributed by atoms with van der Waals surface area (Å²) in [5.41, 5.74) is 1.78. The van der Waals surface area contributed by atoms with Crippen molar-refractivity contribution in [2.75, 3.05) is 31.3 Å². The van der Waals surface area contributed by atoms with Gasteiger partial charge in [0.2, 0.25) is 15.9 Å². The molecule has 1 aromatic heterocycles. The first-order chi connectivity index (χ1) is 15.0. The number of piperidine rings is 1. The zero-order valence-corrected chi connectivity index (χ0v) is 18.7. The van der Waals surface area contributed by atoms with Crippen molar-refractivity contribution in [3.63, 3.8) is 0 Å². The number of ether oxygens (including phenoxy) is 1. The number of fused-ring (bicyclic) bond motifs is 1. The monoisotopic (exact) mass is 461 g/mol. The van der Waals surface area contributed by atoms with Crippen LogP contribution in [-0.4, -0.2) is 49.6 Å². The van der Waals surface area contributed by atoms with Crippen molar-refractivity contribution >= 4 is 44.5 Å². The Morgan fingerprint density at radius 1 is 1.19 bits per heavy atom. The number of oxazole rings is 1. The molecule has 4 rings (SSSR count). The summed E-state index contributed by atoms with van der Waals surface area (Å²) in [7, 11) is -2.28. The highest BCUT2D eigenvalue weighted by atomic mass is 32.2. The number of hydrogen-bond acceptors (Lipinski definition) is 7. The van der Waals surface area contributed by atoms with Gasteiger partial charge in [0, 0.05) is 18.8 Å². The van der Waals surface area contributed by atoms with Gasteiger partial charge >= 0.3 is 0 Å².